The van der Waals surface area contributed by atoms with Crippen LogP contribution in [0, 0.1) is 20.8 Å². The molecule has 0 saturated carbocycles. The van der Waals surface area contributed by atoms with Crippen molar-refractivity contribution in [2.24, 2.45) is 0 Å². The van der Waals surface area contributed by atoms with E-state index in [4.69, 9.17) is 0 Å². The van der Waals surface area contributed by atoms with Crippen molar-refractivity contribution >= 4 is 22.7 Å². The molecule has 86 valence electrons. The molecule has 2 aromatic rings. The molecule has 2 rings (SSSR count). The molecule has 2 aromatic heterocycles. The fourth-order valence-corrected chi connectivity index (χ4v) is 3.19. The Morgan fingerprint density at radius 3 is 2.50 bits per heavy atom. The van der Waals surface area contributed by atoms with Crippen LogP contribution < -0.4 is 0 Å². The quantitative estimate of drug-likeness (QED) is 0.916. The Morgan fingerprint density at radius 1 is 1.25 bits per heavy atom. The third kappa shape index (κ3) is 2.48. The lowest BCUT2D eigenvalue weighted by Crippen LogP contribution is -2.01. The highest BCUT2D eigenvalue weighted by atomic mass is 32.1. The molecule has 0 saturated heterocycles. The van der Waals surface area contributed by atoms with Crippen LogP contribution >= 0.6 is 22.7 Å². The highest BCUT2D eigenvalue weighted by Gasteiger charge is 2.16. The Labute approximate surface area is 103 Å². The molecule has 0 bridgehead atoms. The minimum Gasteiger partial charge on any atom is -0.387 e. The summed E-state index contributed by atoms with van der Waals surface area (Å²) in [5.74, 6) is 0. The normalized spacial score (nSPS) is 13.0. The smallest absolute Gasteiger partial charge is 0.0956 e. The molecule has 1 unspecified atom stereocenters. The van der Waals surface area contributed by atoms with Crippen molar-refractivity contribution in [1.82, 2.24) is 9.97 Å². The Kier molecular flexibility index (Phi) is 3.37. The van der Waals surface area contributed by atoms with Crippen molar-refractivity contribution < 1.29 is 5.11 Å². The second kappa shape index (κ2) is 4.61. The first-order valence-electron chi connectivity index (χ1n) is 5.09. The molecule has 0 radical (unpaired) electrons. The number of hydrogen-bond donors (Lipinski definition) is 1. The van der Waals surface area contributed by atoms with Crippen molar-refractivity contribution in [3.8, 4) is 0 Å². The van der Waals surface area contributed by atoms with Crippen LogP contribution in [0.2, 0.25) is 0 Å². The number of nitrogens with zero attached hydrogens (tertiary/aromatic N) is 2. The van der Waals surface area contributed by atoms with Gasteiger partial charge in [-0.1, -0.05) is 0 Å². The van der Waals surface area contributed by atoms with E-state index < -0.39 is 6.10 Å². The van der Waals surface area contributed by atoms with Crippen LogP contribution in [0.1, 0.15) is 32.4 Å². The lowest BCUT2D eigenvalue weighted by atomic mass is 10.1. The van der Waals surface area contributed by atoms with Gasteiger partial charge in [-0.15, -0.1) is 22.7 Å². The number of aliphatic hydroxyl groups excluding tert-OH is 1. The highest BCUT2D eigenvalue weighted by Crippen LogP contribution is 2.27. The van der Waals surface area contributed by atoms with Gasteiger partial charge in [0.25, 0.3) is 0 Å². The van der Waals surface area contributed by atoms with E-state index >= 15 is 0 Å². The largest absolute Gasteiger partial charge is 0.387 e. The molecule has 0 aliphatic carbocycles. The molecule has 0 fully saturated rings. The van der Waals surface area contributed by atoms with Gasteiger partial charge in [0.15, 0.2) is 0 Å². The zero-order valence-corrected chi connectivity index (χ0v) is 11.2. The summed E-state index contributed by atoms with van der Waals surface area (Å²) < 4.78 is 0. The molecule has 0 aromatic carbocycles. The number of aromatic nitrogens is 2. The molecular formula is C11H14N2OS2. The molecule has 0 spiro atoms. The number of aliphatic hydroxyl groups is 1. The molecule has 2 heterocycles. The van der Waals surface area contributed by atoms with Gasteiger partial charge in [-0.05, 0) is 20.8 Å². The molecule has 5 heteroatoms. The topological polar surface area (TPSA) is 46.0 Å². The average molecular weight is 254 g/mol. The van der Waals surface area contributed by atoms with E-state index in [1.807, 2.05) is 26.2 Å². The first-order valence-corrected chi connectivity index (χ1v) is 6.79. The van der Waals surface area contributed by atoms with Crippen LogP contribution in [0.5, 0.6) is 0 Å². The van der Waals surface area contributed by atoms with Gasteiger partial charge in [0, 0.05) is 11.8 Å². The van der Waals surface area contributed by atoms with Crippen molar-refractivity contribution in [2.45, 2.75) is 33.3 Å². The monoisotopic (exact) mass is 254 g/mol. The molecular weight excluding hydrogens is 240 g/mol. The second-order valence-corrected chi connectivity index (χ2v) is 6.06. The number of thiazole rings is 2. The molecule has 0 aliphatic rings. The van der Waals surface area contributed by atoms with Gasteiger partial charge in [-0.25, -0.2) is 9.97 Å². The molecule has 0 aliphatic heterocycles. The predicted molar refractivity (Wildman–Crippen MR) is 67.1 cm³/mol. The van der Waals surface area contributed by atoms with Gasteiger partial charge in [-0.3, -0.25) is 0 Å². The maximum absolute atomic E-state index is 10.1. The Bertz CT molecular complexity index is 490. The Hall–Kier alpha value is -0.780. The third-order valence-corrected chi connectivity index (χ3v) is 4.31. The van der Waals surface area contributed by atoms with E-state index in [9.17, 15) is 5.11 Å². The Balaban J connectivity index is 2.14. The maximum atomic E-state index is 10.1. The number of hydrogen-bond acceptors (Lipinski definition) is 5. The molecule has 16 heavy (non-hydrogen) atoms. The van der Waals surface area contributed by atoms with Gasteiger partial charge in [0.1, 0.15) is 0 Å². The summed E-state index contributed by atoms with van der Waals surface area (Å²) in [5, 5.41) is 14.2. The zero-order chi connectivity index (χ0) is 11.7. The van der Waals surface area contributed by atoms with E-state index in [0.29, 0.717) is 6.42 Å². The fourth-order valence-electron chi connectivity index (χ4n) is 1.65. The minimum absolute atomic E-state index is 0.479. The first-order chi connectivity index (χ1) is 7.56. The molecule has 1 N–H and O–H groups in total. The van der Waals surface area contributed by atoms with Gasteiger partial charge in [-0.2, -0.15) is 0 Å². The summed E-state index contributed by atoms with van der Waals surface area (Å²) in [4.78, 5) is 9.64. The van der Waals surface area contributed by atoms with Gasteiger partial charge in [0.2, 0.25) is 0 Å². The second-order valence-electron chi connectivity index (χ2n) is 3.76. The summed E-state index contributed by atoms with van der Waals surface area (Å²) in [6.45, 7) is 5.87. The average Bonchev–Trinajstić information content (AvgIpc) is 2.73. The minimum atomic E-state index is -0.479. The van der Waals surface area contributed by atoms with E-state index in [-0.39, 0.29) is 0 Å². The summed E-state index contributed by atoms with van der Waals surface area (Å²) in [5.41, 5.74) is 1.89. The van der Waals surface area contributed by atoms with E-state index in [2.05, 4.69) is 9.97 Å². The maximum Gasteiger partial charge on any atom is 0.0956 e. The SMILES string of the molecule is Cc1nc(CC(O)c2sc(C)nc2C)cs1. The van der Waals surface area contributed by atoms with Crippen LogP contribution in [0.15, 0.2) is 5.38 Å². The fraction of sp³-hybridized carbons (Fsp3) is 0.455. The van der Waals surface area contributed by atoms with E-state index in [0.717, 1.165) is 26.3 Å². The summed E-state index contributed by atoms with van der Waals surface area (Å²) >= 11 is 3.18. The summed E-state index contributed by atoms with van der Waals surface area (Å²) in [7, 11) is 0. The standard InChI is InChI=1S/C11H14N2OS2/c1-6-11(16-8(3)12-6)10(14)4-9-5-15-7(2)13-9/h5,10,14H,4H2,1-3H3. The van der Waals surface area contributed by atoms with Crippen LogP contribution in [0.25, 0.3) is 0 Å². The van der Waals surface area contributed by atoms with E-state index in [1.165, 1.54) is 0 Å². The lowest BCUT2D eigenvalue weighted by Gasteiger charge is -2.06. The lowest BCUT2D eigenvalue weighted by molar-refractivity contribution is 0.180. The molecule has 1 atom stereocenters. The van der Waals surface area contributed by atoms with E-state index in [1.54, 1.807) is 22.7 Å². The third-order valence-electron chi connectivity index (χ3n) is 2.31. The molecule has 0 amide bonds. The van der Waals surface area contributed by atoms with Crippen molar-refractivity contribution in [1.29, 1.82) is 0 Å². The van der Waals surface area contributed by atoms with Gasteiger partial charge in [0.05, 0.1) is 32.4 Å². The summed E-state index contributed by atoms with van der Waals surface area (Å²) in [6, 6.07) is 0. The molecule has 3 nitrogen and oxygen atoms in total. The predicted octanol–water partition coefficient (Wildman–Crippen LogP) is 2.80. The van der Waals surface area contributed by atoms with Crippen molar-refractivity contribution in [3.63, 3.8) is 0 Å². The van der Waals surface area contributed by atoms with Crippen LogP contribution in [0.3, 0.4) is 0 Å². The highest BCUT2D eigenvalue weighted by molar-refractivity contribution is 7.11. The first kappa shape index (κ1) is 11.7. The summed E-state index contributed by atoms with van der Waals surface area (Å²) in [6.07, 6.45) is 0.0972. The van der Waals surface area contributed by atoms with Crippen molar-refractivity contribution in [3.05, 3.63) is 31.7 Å². The van der Waals surface area contributed by atoms with Crippen LogP contribution in [-0.2, 0) is 6.42 Å². The zero-order valence-electron chi connectivity index (χ0n) is 9.52. The van der Waals surface area contributed by atoms with Crippen LogP contribution in [-0.4, -0.2) is 15.1 Å². The van der Waals surface area contributed by atoms with Gasteiger partial charge >= 0.3 is 0 Å². The van der Waals surface area contributed by atoms with Gasteiger partial charge < -0.3 is 5.11 Å². The van der Waals surface area contributed by atoms with Crippen molar-refractivity contribution in [2.75, 3.05) is 0 Å². The van der Waals surface area contributed by atoms with Crippen LogP contribution in [0.4, 0.5) is 0 Å². The Morgan fingerprint density at radius 2 is 2.00 bits per heavy atom. The number of aryl methyl sites for hydroxylation is 3. The number of rotatable bonds is 3.